The van der Waals surface area contributed by atoms with Crippen LogP contribution in [0, 0.1) is 0 Å². The Bertz CT molecular complexity index is 1340. The summed E-state index contributed by atoms with van der Waals surface area (Å²) in [7, 11) is -3.54. The molecular formula is C22H28N6O4S. The normalized spacial score (nSPS) is 20.9. The van der Waals surface area contributed by atoms with Gasteiger partial charge in [-0.1, -0.05) is 0 Å². The largest absolute Gasteiger partial charge is 0.486 e. The van der Waals surface area contributed by atoms with Gasteiger partial charge in [-0.05, 0) is 26.8 Å². The van der Waals surface area contributed by atoms with Crippen LogP contribution >= 0.6 is 0 Å². The fourth-order valence-corrected chi connectivity index (χ4v) is 4.99. The molecule has 2 aliphatic rings. The van der Waals surface area contributed by atoms with E-state index < -0.39 is 14.6 Å². The Hall–Kier alpha value is -2.76. The van der Waals surface area contributed by atoms with Crippen molar-refractivity contribution >= 4 is 26.6 Å². The van der Waals surface area contributed by atoms with Crippen LogP contribution < -0.4 is 15.4 Å². The van der Waals surface area contributed by atoms with E-state index in [1.54, 1.807) is 20.0 Å². The molecule has 0 saturated carbocycles. The van der Waals surface area contributed by atoms with Crippen LogP contribution in [0.5, 0.6) is 5.75 Å². The van der Waals surface area contributed by atoms with Crippen LogP contribution in [0.4, 0.5) is 5.82 Å². The number of nitrogens with one attached hydrogen (secondary N) is 1. The molecule has 10 nitrogen and oxygen atoms in total. The summed E-state index contributed by atoms with van der Waals surface area (Å²) in [5.74, 6) is 1.36. The monoisotopic (exact) mass is 472 g/mol. The van der Waals surface area contributed by atoms with E-state index in [1.807, 2.05) is 12.3 Å². The highest BCUT2D eigenvalue weighted by Crippen LogP contribution is 2.45. The Kier molecular flexibility index (Phi) is 5.11. The molecule has 5 rings (SSSR count). The Balaban J connectivity index is 1.84. The van der Waals surface area contributed by atoms with Gasteiger partial charge in [0.1, 0.15) is 17.0 Å². The molecule has 0 unspecified atom stereocenters. The van der Waals surface area contributed by atoms with Crippen molar-refractivity contribution in [3.8, 4) is 17.1 Å². The number of pyridine rings is 1. The Morgan fingerprint density at radius 3 is 2.79 bits per heavy atom. The molecule has 3 aromatic heterocycles. The quantitative estimate of drug-likeness (QED) is 0.582. The summed E-state index contributed by atoms with van der Waals surface area (Å²) in [4.78, 5) is 19.6. The summed E-state index contributed by atoms with van der Waals surface area (Å²) in [6, 6.07) is 1.94. The van der Waals surface area contributed by atoms with E-state index in [1.165, 1.54) is 6.26 Å². The summed E-state index contributed by atoms with van der Waals surface area (Å²) in [6.45, 7) is 6.96. The average Bonchev–Trinajstić information content (AvgIpc) is 3.25. The van der Waals surface area contributed by atoms with Crippen molar-refractivity contribution in [1.29, 1.82) is 0 Å². The number of hydrogen-bond acceptors (Lipinski definition) is 9. The topological polar surface area (TPSA) is 136 Å². The van der Waals surface area contributed by atoms with Gasteiger partial charge in [-0.2, -0.15) is 0 Å². The molecule has 0 amide bonds. The van der Waals surface area contributed by atoms with Gasteiger partial charge in [0.2, 0.25) is 0 Å². The second-order valence-corrected chi connectivity index (χ2v) is 11.7. The number of ether oxygens (including phenoxy) is 2. The lowest BCUT2D eigenvalue weighted by molar-refractivity contribution is 0.0482. The summed E-state index contributed by atoms with van der Waals surface area (Å²) >= 11 is 0. The van der Waals surface area contributed by atoms with Crippen molar-refractivity contribution in [3.63, 3.8) is 0 Å². The third kappa shape index (κ3) is 3.37. The number of hydrogen-bond donors (Lipinski definition) is 2. The maximum Gasteiger partial charge on any atom is 0.185 e. The molecule has 176 valence electrons. The van der Waals surface area contributed by atoms with Crippen molar-refractivity contribution in [2.24, 2.45) is 5.73 Å². The Morgan fingerprint density at radius 1 is 1.27 bits per heavy atom. The van der Waals surface area contributed by atoms with Crippen LogP contribution in [0.3, 0.4) is 0 Å². The molecule has 1 fully saturated rings. The number of fused-ring (bicyclic) bond motifs is 4. The Morgan fingerprint density at radius 2 is 2.06 bits per heavy atom. The molecule has 11 heteroatoms. The lowest BCUT2D eigenvalue weighted by Gasteiger charge is -2.45. The predicted octanol–water partition coefficient (Wildman–Crippen LogP) is 1.74. The molecular weight excluding hydrogens is 444 g/mol. The predicted molar refractivity (Wildman–Crippen MR) is 125 cm³/mol. The standard InChI is InChI=1S/C22H28N6O4S/c1-12-9-31-10-13-11-32-18-19(22(2,3)33(4,29)30)26-20(27-21(18)28(12)13)17-14-5-6-24-16(14)8-25-15(17)7-23/h5-6,8,12-13,24H,7,9-11,23H2,1-4H3/t12-,13+/m1/s1. The molecule has 0 aromatic carbocycles. The highest BCUT2D eigenvalue weighted by atomic mass is 32.2. The molecule has 33 heavy (non-hydrogen) atoms. The van der Waals surface area contributed by atoms with E-state index in [2.05, 4.69) is 21.8 Å². The third-order valence-electron chi connectivity index (χ3n) is 6.65. The van der Waals surface area contributed by atoms with Crippen LogP contribution in [0.2, 0.25) is 0 Å². The number of morpholine rings is 1. The van der Waals surface area contributed by atoms with E-state index in [-0.39, 0.29) is 18.6 Å². The fraction of sp³-hybridized carbons (Fsp3) is 0.500. The van der Waals surface area contributed by atoms with Crippen molar-refractivity contribution in [1.82, 2.24) is 19.9 Å². The van der Waals surface area contributed by atoms with Gasteiger partial charge in [0.05, 0.1) is 48.3 Å². The first-order valence-corrected chi connectivity index (χ1v) is 12.8. The second kappa shape index (κ2) is 7.64. The van der Waals surface area contributed by atoms with Crippen molar-refractivity contribution in [2.75, 3.05) is 31.0 Å². The number of nitrogens with zero attached hydrogens (tertiary/aromatic N) is 4. The lowest BCUT2D eigenvalue weighted by Crippen LogP contribution is -2.56. The van der Waals surface area contributed by atoms with Crippen LogP contribution in [0.25, 0.3) is 22.3 Å². The van der Waals surface area contributed by atoms with Gasteiger partial charge >= 0.3 is 0 Å². The summed E-state index contributed by atoms with van der Waals surface area (Å²) in [5.41, 5.74) is 8.50. The van der Waals surface area contributed by atoms with Gasteiger partial charge < -0.3 is 25.1 Å². The molecule has 1 saturated heterocycles. The smallest absolute Gasteiger partial charge is 0.185 e. The molecule has 0 bridgehead atoms. The number of rotatable bonds is 4. The van der Waals surface area contributed by atoms with Crippen LogP contribution in [0.1, 0.15) is 32.2 Å². The van der Waals surface area contributed by atoms with E-state index in [0.29, 0.717) is 54.2 Å². The maximum atomic E-state index is 12.8. The van der Waals surface area contributed by atoms with E-state index in [4.69, 9.17) is 25.2 Å². The van der Waals surface area contributed by atoms with E-state index >= 15 is 0 Å². The molecule has 3 N–H and O–H groups in total. The van der Waals surface area contributed by atoms with Crippen molar-refractivity contribution in [3.05, 3.63) is 29.8 Å². The van der Waals surface area contributed by atoms with Gasteiger partial charge in [-0.15, -0.1) is 0 Å². The maximum absolute atomic E-state index is 12.8. The highest BCUT2D eigenvalue weighted by Gasteiger charge is 2.44. The molecule has 5 heterocycles. The lowest BCUT2D eigenvalue weighted by atomic mass is 10.0. The minimum absolute atomic E-state index is 0.0200. The third-order valence-corrected chi connectivity index (χ3v) is 8.70. The molecule has 0 aliphatic carbocycles. The van der Waals surface area contributed by atoms with Crippen molar-refractivity contribution in [2.45, 2.75) is 44.1 Å². The van der Waals surface area contributed by atoms with E-state index in [9.17, 15) is 8.42 Å². The second-order valence-electron chi connectivity index (χ2n) is 9.18. The first kappa shape index (κ1) is 22.1. The number of aromatic nitrogens is 4. The summed E-state index contributed by atoms with van der Waals surface area (Å²) in [6.07, 6.45) is 4.76. The number of H-pyrrole nitrogens is 1. The van der Waals surface area contributed by atoms with Gasteiger partial charge in [0, 0.05) is 24.4 Å². The van der Waals surface area contributed by atoms with Crippen LogP contribution in [0.15, 0.2) is 18.5 Å². The molecule has 2 aliphatic heterocycles. The number of aromatic amines is 1. The zero-order valence-electron chi connectivity index (χ0n) is 19.1. The number of anilines is 1. The first-order valence-electron chi connectivity index (χ1n) is 10.9. The minimum atomic E-state index is -3.54. The van der Waals surface area contributed by atoms with Crippen LogP contribution in [-0.4, -0.2) is 66.5 Å². The van der Waals surface area contributed by atoms with Crippen LogP contribution in [-0.2, 0) is 25.9 Å². The molecule has 2 atom stereocenters. The fourth-order valence-electron chi connectivity index (χ4n) is 4.50. The van der Waals surface area contributed by atoms with Crippen molar-refractivity contribution < 1.29 is 17.9 Å². The molecule has 0 spiro atoms. The number of nitrogens with two attached hydrogens (primary N) is 1. The van der Waals surface area contributed by atoms with Gasteiger partial charge in [0.15, 0.2) is 27.2 Å². The van der Waals surface area contributed by atoms with Gasteiger partial charge in [-0.3, -0.25) is 4.98 Å². The van der Waals surface area contributed by atoms with Gasteiger partial charge in [0.25, 0.3) is 0 Å². The zero-order chi connectivity index (χ0) is 23.5. The molecule has 3 aromatic rings. The zero-order valence-corrected chi connectivity index (χ0v) is 19.9. The summed E-state index contributed by atoms with van der Waals surface area (Å²) < 4.78 is 36.2. The first-order chi connectivity index (χ1) is 15.6. The highest BCUT2D eigenvalue weighted by molar-refractivity contribution is 7.91. The molecule has 0 radical (unpaired) electrons. The average molecular weight is 473 g/mol. The minimum Gasteiger partial charge on any atom is -0.486 e. The SMILES string of the molecule is C[C@@H]1COC[C@H]2COc3c(nc(-c4c(CN)ncc5[nH]ccc45)nc3C(C)(C)S(C)(=O)=O)N21. The van der Waals surface area contributed by atoms with Gasteiger partial charge in [-0.25, -0.2) is 18.4 Å². The Labute approximate surface area is 192 Å². The van der Waals surface area contributed by atoms with E-state index in [0.717, 1.165) is 10.9 Å². The summed E-state index contributed by atoms with van der Waals surface area (Å²) in [5, 5.41) is 0.872. The number of sulfone groups is 1.